The second kappa shape index (κ2) is 2320. The number of rotatable bonds is 0. The van der Waals surface area contributed by atoms with E-state index in [1.165, 1.54) is 0 Å². The molecule has 0 bridgehead atoms. The van der Waals surface area contributed by atoms with Crippen LogP contribution >= 0.6 is 0 Å². The summed E-state index contributed by atoms with van der Waals surface area (Å²) in [5.41, 5.74) is 0. The summed E-state index contributed by atoms with van der Waals surface area (Å²) in [4.78, 5) is 0. The minimum atomic E-state index is 0. The summed E-state index contributed by atoms with van der Waals surface area (Å²) in [6.07, 6.45) is 0. The molecule has 0 unspecified atom stereocenters. The third kappa shape index (κ3) is 1420. The van der Waals surface area contributed by atoms with Crippen LogP contribution in [-0.2, 0) is 0 Å². The standard InChI is InChI=1S/6FH.H3N.Sb/h6*1H;1H3;. The predicted molar refractivity (Wildman–Crippen MR) is 25.8 cm³/mol. The third-order valence-corrected chi connectivity index (χ3v) is 0. The van der Waals surface area contributed by atoms with Crippen molar-refractivity contribution in [1.29, 1.82) is 0 Å². The SMILES string of the molecule is F.F.F.F.F.F.N.[Sb]. The van der Waals surface area contributed by atoms with Crippen LogP contribution in [0.15, 0.2) is 0 Å². The molecule has 0 heterocycles. The van der Waals surface area contributed by atoms with Gasteiger partial charge in [0.1, 0.15) is 0 Å². The molecule has 0 aromatic heterocycles. The zero-order chi connectivity index (χ0) is 0. The van der Waals surface area contributed by atoms with Gasteiger partial charge >= 0.3 is 0 Å². The molecule has 0 rings (SSSR count). The molecule has 0 amide bonds. The van der Waals surface area contributed by atoms with E-state index < -0.39 is 0 Å². The number of hydrogen-bond donors (Lipinski definition) is 1. The maximum atomic E-state index is 0. The van der Waals surface area contributed by atoms with Crippen molar-refractivity contribution in [2.24, 2.45) is 0 Å². The summed E-state index contributed by atoms with van der Waals surface area (Å²) in [6.45, 7) is 0. The van der Waals surface area contributed by atoms with E-state index in [-0.39, 0.29) is 58.8 Å². The zero-order valence-corrected chi connectivity index (χ0v) is 6.16. The Bertz CT molecular complexity index is 8.49. The van der Waals surface area contributed by atoms with E-state index >= 15 is 0 Å². The molecule has 0 aromatic rings. The van der Waals surface area contributed by atoms with E-state index in [2.05, 4.69) is 0 Å². The summed E-state index contributed by atoms with van der Waals surface area (Å²) in [6, 6.07) is 0. The molecule has 3 radical (unpaired) electrons. The molecule has 1 nitrogen and oxygen atoms in total. The predicted octanol–water partition coefficient (Wildman–Crippen LogP) is 0.696. The first-order valence-electron chi connectivity index (χ1n) is 0. The Hall–Kier alpha value is 0.358. The van der Waals surface area contributed by atoms with Gasteiger partial charge in [-0.1, -0.05) is 0 Å². The average Bonchev–Trinajstić information content (AvgIpc) is 0. The van der Waals surface area contributed by atoms with E-state index in [1.54, 1.807) is 0 Å². The quantitative estimate of drug-likeness (QED) is 0.504. The van der Waals surface area contributed by atoms with E-state index in [9.17, 15) is 0 Å². The van der Waals surface area contributed by atoms with Gasteiger partial charge in [0, 0.05) is 24.4 Å². The van der Waals surface area contributed by atoms with Crippen molar-refractivity contribution in [2.75, 3.05) is 0 Å². The topological polar surface area (TPSA) is 35.0 Å². The summed E-state index contributed by atoms with van der Waals surface area (Å²) in [5.74, 6) is 0. The maximum Gasteiger partial charge on any atom is 0 e. The summed E-state index contributed by atoms with van der Waals surface area (Å²) in [5, 5.41) is 0. The van der Waals surface area contributed by atoms with E-state index in [0.717, 1.165) is 0 Å². The van der Waals surface area contributed by atoms with Gasteiger partial charge in [0.2, 0.25) is 0 Å². The van der Waals surface area contributed by atoms with Gasteiger partial charge in [0.05, 0.1) is 0 Å². The van der Waals surface area contributed by atoms with Crippen molar-refractivity contribution in [3.8, 4) is 0 Å². The molecule has 0 spiro atoms. The molecule has 0 aromatic carbocycles. The fourth-order valence-electron chi connectivity index (χ4n) is 0. The molecule has 0 atom stereocenters. The molecular formula is H9F6NSb. The minimum Gasteiger partial charge on any atom is -0.344 e. The zero-order valence-electron chi connectivity index (χ0n) is 3.60. The Morgan fingerprint density at radius 2 is 0.375 bits per heavy atom. The summed E-state index contributed by atoms with van der Waals surface area (Å²) < 4.78 is 0. The molecule has 61 valence electrons. The number of halogens is 6. The van der Waals surface area contributed by atoms with Crippen LogP contribution in [0.25, 0.3) is 0 Å². The molecule has 0 aliphatic carbocycles. The van der Waals surface area contributed by atoms with Crippen molar-refractivity contribution in [1.82, 2.24) is 6.15 Å². The van der Waals surface area contributed by atoms with Crippen LogP contribution in [0.2, 0.25) is 0 Å². The molecule has 0 saturated heterocycles. The molecule has 3 N–H and O–H groups in total. The van der Waals surface area contributed by atoms with Gasteiger partial charge in [-0.2, -0.15) is 0 Å². The Balaban J connectivity index is 0. The van der Waals surface area contributed by atoms with Gasteiger partial charge in [-0.15, -0.1) is 0 Å². The summed E-state index contributed by atoms with van der Waals surface area (Å²) >= 11 is 0. The molecule has 0 saturated carbocycles. The monoisotopic (exact) mass is 258 g/mol. The molecule has 8 heavy (non-hydrogen) atoms. The van der Waals surface area contributed by atoms with Gasteiger partial charge in [-0.25, -0.2) is 0 Å². The molecular weight excluding hydrogens is 250 g/mol. The molecule has 8 heteroatoms. The van der Waals surface area contributed by atoms with Crippen LogP contribution in [-0.4, -0.2) is 24.4 Å². The second-order valence-corrected chi connectivity index (χ2v) is 0. The second-order valence-electron chi connectivity index (χ2n) is 0. The first-order valence-corrected chi connectivity index (χ1v) is 0. The van der Waals surface area contributed by atoms with Gasteiger partial charge < -0.3 is 6.15 Å². The van der Waals surface area contributed by atoms with Gasteiger partial charge in [-0.3, -0.25) is 28.2 Å². The Kier molecular flexibility index (Phi) is 1020000. The molecule has 0 fully saturated rings. The van der Waals surface area contributed by atoms with Crippen molar-refractivity contribution in [2.45, 2.75) is 0 Å². The average molecular weight is 259 g/mol. The van der Waals surface area contributed by atoms with Crippen LogP contribution < -0.4 is 6.15 Å². The van der Waals surface area contributed by atoms with Gasteiger partial charge in [0.25, 0.3) is 0 Å². The van der Waals surface area contributed by atoms with Crippen molar-refractivity contribution in [3.63, 3.8) is 0 Å². The maximum absolute atomic E-state index is 0. The van der Waals surface area contributed by atoms with Gasteiger partial charge in [0.15, 0.2) is 0 Å². The Morgan fingerprint density at radius 3 is 0.375 bits per heavy atom. The molecule has 0 aliphatic rings. The smallest absolute Gasteiger partial charge is 0 e. The van der Waals surface area contributed by atoms with E-state index in [4.69, 9.17) is 0 Å². The van der Waals surface area contributed by atoms with Crippen LogP contribution in [0.4, 0.5) is 28.2 Å². The first kappa shape index (κ1) is 3530. The Morgan fingerprint density at radius 1 is 0.375 bits per heavy atom. The fraction of sp³-hybridized carbons (Fsp3) is 0. The first-order chi connectivity index (χ1) is 0. The summed E-state index contributed by atoms with van der Waals surface area (Å²) in [7, 11) is 0. The number of hydrogen-bond acceptors (Lipinski definition) is 1. The van der Waals surface area contributed by atoms with E-state index in [1.807, 2.05) is 0 Å². The normalized spacial score (nSPS) is 0. The van der Waals surface area contributed by atoms with Crippen molar-refractivity contribution >= 4 is 24.4 Å². The van der Waals surface area contributed by atoms with Crippen LogP contribution in [0.3, 0.4) is 0 Å². The minimum absolute atomic E-state index is 0. The van der Waals surface area contributed by atoms with E-state index in [0.29, 0.717) is 0 Å². The van der Waals surface area contributed by atoms with Crippen molar-refractivity contribution < 1.29 is 28.2 Å². The van der Waals surface area contributed by atoms with Crippen LogP contribution in [0.1, 0.15) is 0 Å². The largest absolute Gasteiger partial charge is 0.344 e. The Labute approximate surface area is 59.4 Å². The van der Waals surface area contributed by atoms with Crippen molar-refractivity contribution in [3.05, 3.63) is 0 Å². The third-order valence-electron chi connectivity index (χ3n) is 0. The fourth-order valence-corrected chi connectivity index (χ4v) is 0. The molecule has 0 aliphatic heterocycles. The van der Waals surface area contributed by atoms with Crippen LogP contribution in [0, 0.1) is 0 Å². The van der Waals surface area contributed by atoms with Gasteiger partial charge in [-0.05, 0) is 0 Å². The van der Waals surface area contributed by atoms with Crippen LogP contribution in [0.5, 0.6) is 0 Å².